The van der Waals surface area contributed by atoms with Crippen LogP contribution in [0.5, 0.6) is 0 Å². The summed E-state index contributed by atoms with van der Waals surface area (Å²) in [5.74, 6) is 0. The third-order valence-electron chi connectivity index (χ3n) is 2.29. The van der Waals surface area contributed by atoms with E-state index in [1.807, 2.05) is 0 Å². The van der Waals surface area contributed by atoms with Crippen molar-refractivity contribution in [2.45, 2.75) is 0 Å². The lowest BCUT2D eigenvalue weighted by Gasteiger charge is -2.03. The summed E-state index contributed by atoms with van der Waals surface area (Å²) in [5.41, 5.74) is 1.34. The van der Waals surface area contributed by atoms with Crippen LogP contribution >= 0.6 is 0 Å². The first-order valence-corrected chi connectivity index (χ1v) is 4.59. The number of aldehydes is 3. The van der Waals surface area contributed by atoms with Gasteiger partial charge in [-0.25, -0.2) is 4.98 Å². The van der Waals surface area contributed by atoms with Crippen molar-refractivity contribution in [3.05, 3.63) is 41.1 Å². The van der Waals surface area contributed by atoms with Gasteiger partial charge in [-0.15, -0.1) is 0 Å². The smallest absolute Gasteiger partial charge is 0.168 e. The summed E-state index contributed by atoms with van der Waals surface area (Å²) in [5, 5.41) is 0.484. The van der Waals surface area contributed by atoms with Gasteiger partial charge in [0.15, 0.2) is 18.9 Å². The summed E-state index contributed by atoms with van der Waals surface area (Å²) in [6, 6.07) is 6.28. The lowest BCUT2D eigenvalue weighted by molar-refractivity contribution is 0.111. The maximum atomic E-state index is 10.9. The molecule has 0 fully saturated rings. The molecule has 0 bridgehead atoms. The van der Waals surface area contributed by atoms with Gasteiger partial charge in [-0.05, 0) is 12.1 Å². The standard InChI is InChI=1S/C12H7NO3/c14-5-8-2-1-3-11-12(8)9(6-15)4-10(7-16)13-11/h1-7H. The third kappa shape index (κ3) is 1.50. The SMILES string of the molecule is O=Cc1cc(C=O)c2c(C=O)cccc2n1. The molecule has 78 valence electrons. The predicted octanol–water partition coefficient (Wildman–Crippen LogP) is 1.67. The van der Waals surface area contributed by atoms with Crippen LogP contribution in [0.2, 0.25) is 0 Å². The topological polar surface area (TPSA) is 64.1 Å². The van der Waals surface area contributed by atoms with Gasteiger partial charge in [0, 0.05) is 16.5 Å². The van der Waals surface area contributed by atoms with Crippen molar-refractivity contribution in [1.29, 1.82) is 0 Å². The minimum absolute atomic E-state index is 0.178. The fraction of sp³-hybridized carbons (Fsp3) is 0. The molecule has 0 spiro atoms. The molecule has 0 radical (unpaired) electrons. The molecule has 2 aromatic rings. The summed E-state index contributed by atoms with van der Waals surface area (Å²) >= 11 is 0. The largest absolute Gasteiger partial charge is 0.298 e. The van der Waals surface area contributed by atoms with Crippen molar-refractivity contribution < 1.29 is 14.4 Å². The van der Waals surface area contributed by atoms with Crippen LogP contribution in [0, 0.1) is 0 Å². The van der Waals surface area contributed by atoms with E-state index in [-0.39, 0.29) is 5.69 Å². The molecule has 0 N–H and O–H groups in total. The van der Waals surface area contributed by atoms with Crippen molar-refractivity contribution in [2.75, 3.05) is 0 Å². The zero-order valence-corrected chi connectivity index (χ0v) is 8.21. The summed E-state index contributed by atoms with van der Waals surface area (Å²) in [7, 11) is 0. The van der Waals surface area contributed by atoms with Crippen molar-refractivity contribution >= 4 is 29.8 Å². The lowest BCUT2D eigenvalue weighted by Crippen LogP contribution is -1.96. The molecule has 0 saturated heterocycles. The Balaban J connectivity index is 2.94. The zero-order chi connectivity index (χ0) is 11.5. The third-order valence-corrected chi connectivity index (χ3v) is 2.29. The van der Waals surface area contributed by atoms with E-state index in [0.717, 1.165) is 0 Å². The molecule has 1 aromatic carbocycles. The molecular formula is C12H7NO3. The molecule has 0 aliphatic carbocycles. The zero-order valence-electron chi connectivity index (χ0n) is 8.21. The fourth-order valence-corrected chi connectivity index (χ4v) is 1.62. The summed E-state index contributed by atoms with van der Waals surface area (Å²) in [6.45, 7) is 0. The monoisotopic (exact) mass is 213 g/mol. The first kappa shape index (κ1) is 10.2. The Morgan fingerprint density at radius 1 is 0.938 bits per heavy atom. The van der Waals surface area contributed by atoms with Crippen LogP contribution in [-0.4, -0.2) is 23.8 Å². The first-order valence-electron chi connectivity index (χ1n) is 4.59. The number of carbonyl (C=O) groups is 3. The summed E-state index contributed by atoms with van der Waals surface area (Å²) < 4.78 is 0. The van der Waals surface area contributed by atoms with Crippen LogP contribution in [0.4, 0.5) is 0 Å². The second-order valence-corrected chi connectivity index (χ2v) is 3.23. The average molecular weight is 213 g/mol. The van der Waals surface area contributed by atoms with Crippen LogP contribution in [0.25, 0.3) is 10.9 Å². The highest BCUT2D eigenvalue weighted by molar-refractivity contribution is 6.06. The predicted molar refractivity (Wildman–Crippen MR) is 57.9 cm³/mol. The van der Waals surface area contributed by atoms with Gasteiger partial charge in [0.2, 0.25) is 0 Å². The molecule has 16 heavy (non-hydrogen) atoms. The Bertz CT molecular complexity index is 590. The molecule has 4 heteroatoms. The van der Waals surface area contributed by atoms with E-state index in [1.54, 1.807) is 18.2 Å². The van der Waals surface area contributed by atoms with E-state index in [0.29, 0.717) is 40.9 Å². The molecule has 0 unspecified atom stereocenters. The molecule has 0 aliphatic heterocycles. The number of hydrogen-bond donors (Lipinski definition) is 0. The quantitative estimate of drug-likeness (QED) is 0.727. The molecule has 1 heterocycles. The Morgan fingerprint density at radius 2 is 1.69 bits per heavy atom. The van der Waals surface area contributed by atoms with Crippen molar-refractivity contribution in [3.63, 3.8) is 0 Å². The van der Waals surface area contributed by atoms with Crippen molar-refractivity contribution in [2.24, 2.45) is 0 Å². The second-order valence-electron chi connectivity index (χ2n) is 3.23. The first-order chi connectivity index (χ1) is 7.80. The highest BCUT2D eigenvalue weighted by Crippen LogP contribution is 2.20. The van der Waals surface area contributed by atoms with Gasteiger partial charge in [-0.2, -0.15) is 0 Å². The van der Waals surface area contributed by atoms with E-state index < -0.39 is 0 Å². The number of carbonyl (C=O) groups excluding carboxylic acids is 3. The van der Waals surface area contributed by atoms with E-state index in [9.17, 15) is 14.4 Å². The van der Waals surface area contributed by atoms with E-state index in [4.69, 9.17) is 0 Å². The fourth-order valence-electron chi connectivity index (χ4n) is 1.62. The minimum atomic E-state index is 0.178. The minimum Gasteiger partial charge on any atom is -0.298 e. The summed E-state index contributed by atoms with van der Waals surface area (Å²) in [4.78, 5) is 36.4. The normalized spacial score (nSPS) is 10.0. The van der Waals surface area contributed by atoms with Gasteiger partial charge in [0.1, 0.15) is 5.69 Å². The Labute approximate surface area is 90.9 Å². The van der Waals surface area contributed by atoms with Gasteiger partial charge >= 0.3 is 0 Å². The molecule has 0 aliphatic rings. The number of pyridine rings is 1. The van der Waals surface area contributed by atoms with Gasteiger partial charge in [0.05, 0.1) is 5.52 Å². The van der Waals surface area contributed by atoms with Crippen LogP contribution in [-0.2, 0) is 0 Å². The number of rotatable bonds is 3. The molecule has 4 nitrogen and oxygen atoms in total. The van der Waals surface area contributed by atoms with Crippen LogP contribution in [0.15, 0.2) is 24.3 Å². The van der Waals surface area contributed by atoms with E-state index in [1.165, 1.54) is 6.07 Å². The Kier molecular flexibility index (Phi) is 2.55. The maximum absolute atomic E-state index is 10.9. The number of hydrogen-bond acceptors (Lipinski definition) is 4. The highest BCUT2D eigenvalue weighted by Gasteiger charge is 2.08. The van der Waals surface area contributed by atoms with Gasteiger partial charge in [0.25, 0.3) is 0 Å². The van der Waals surface area contributed by atoms with Gasteiger partial charge < -0.3 is 0 Å². The molecule has 0 amide bonds. The van der Waals surface area contributed by atoms with Crippen LogP contribution in [0.1, 0.15) is 31.2 Å². The second kappa shape index (κ2) is 4.02. The molecule has 0 saturated carbocycles. The molecular weight excluding hydrogens is 206 g/mol. The number of nitrogens with zero attached hydrogens (tertiary/aromatic N) is 1. The Hall–Kier alpha value is -2.36. The number of fused-ring (bicyclic) bond motifs is 1. The van der Waals surface area contributed by atoms with Crippen LogP contribution < -0.4 is 0 Å². The van der Waals surface area contributed by atoms with Crippen LogP contribution in [0.3, 0.4) is 0 Å². The maximum Gasteiger partial charge on any atom is 0.168 e. The summed E-state index contributed by atoms with van der Waals surface area (Å²) in [6.07, 6.45) is 1.85. The van der Waals surface area contributed by atoms with Gasteiger partial charge in [-0.1, -0.05) is 12.1 Å². The number of benzene rings is 1. The molecule has 1 aromatic heterocycles. The Morgan fingerprint density at radius 3 is 2.31 bits per heavy atom. The number of aromatic nitrogens is 1. The average Bonchev–Trinajstić information content (AvgIpc) is 2.36. The lowest BCUT2D eigenvalue weighted by atomic mass is 10.0. The molecule has 0 atom stereocenters. The van der Waals surface area contributed by atoms with Gasteiger partial charge in [-0.3, -0.25) is 14.4 Å². The van der Waals surface area contributed by atoms with Crippen molar-refractivity contribution in [3.8, 4) is 0 Å². The van der Waals surface area contributed by atoms with Crippen molar-refractivity contribution in [1.82, 2.24) is 4.98 Å². The highest BCUT2D eigenvalue weighted by atomic mass is 16.1. The molecule has 2 rings (SSSR count). The van der Waals surface area contributed by atoms with E-state index >= 15 is 0 Å². The van der Waals surface area contributed by atoms with E-state index in [2.05, 4.69) is 4.98 Å².